The van der Waals surface area contributed by atoms with Crippen molar-refractivity contribution in [3.05, 3.63) is 17.7 Å². The number of carbonyl (C=O) groups excluding carboxylic acids is 1. The molecule has 0 N–H and O–H groups in total. The van der Waals surface area contributed by atoms with Gasteiger partial charge in [-0.2, -0.15) is 0 Å². The molecule has 0 amide bonds. The van der Waals surface area contributed by atoms with Crippen LogP contribution in [0.25, 0.3) is 0 Å². The van der Waals surface area contributed by atoms with Crippen LogP contribution < -0.4 is 14.2 Å². The number of methoxy groups -OCH3 is 3. The lowest BCUT2D eigenvalue weighted by molar-refractivity contribution is -0.130. The minimum absolute atomic E-state index is 0.363. The van der Waals surface area contributed by atoms with Gasteiger partial charge < -0.3 is 23.7 Å². The molecule has 1 aliphatic rings. The van der Waals surface area contributed by atoms with Crippen molar-refractivity contribution >= 4 is 6.29 Å². The highest BCUT2D eigenvalue weighted by Crippen LogP contribution is 2.42. The first kappa shape index (κ1) is 12.7. The van der Waals surface area contributed by atoms with E-state index in [-0.39, 0.29) is 0 Å². The third-order valence-electron chi connectivity index (χ3n) is 3.19. The first-order chi connectivity index (χ1) is 8.70. The van der Waals surface area contributed by atoms with Gasteiger partial charge in [-0.3, -0.25) is 0 Å². The fourth-order valence-corrected chi connectivity index (χ4v) is 2.03. The van der Waals surface area contributed by atoms with Crippen molar-refractivity contribution in [1.29, 1.82) is 0 Å². The van der Waals surface area contributed by atoms with E-state index in [1.54, 1.807) is 33.5 Å². The molecule has 1 aromatic rings. The lowest BCUT2D eigenvalue weighted by Gasteiger charge is -2.37. The van der Waals surface area contributed by atoms with Crippen molar-refractivity contribution in [2.45, 2.75) is 5.41 Å². The second-order valence-electron chi connectivity index (χ2n) is 4.17. The summed E-state index contributed by atoms with van der Waals surface area (Å²) >= 11 is 0. The molecule has 0 radical (unpaired) electrons. The van der Waals surface area contributed by atoms with Gasteiger partial charge >= 0.3 is 0 Å². The smallest absolute Gasteiger partial charge is 0.164 e. The average Bonchev–Trinajstić information content (AvgIpc) is 2.37. The number of rotatable bonds is 5. The van der Waals surface area contributed by atoms with Gasteiger partial charge in [0.1, 0.15) is 17.5 Å². The maximum absolute atomic E-state index is 11.3. The van der Waals surface area contributed by atoms with E-state index < -0.39 is 5.41 Å². The SMILES string of the molecule is COc1cc(OC)c(C2(C=O)COC2)cc1OC. The van der Waals surface area contributed by atoms with Crippen LogP contribution in [0.5, 0.6) is 17.2 Å². The second kappa shape index (κ2) is 4.86. The van der Waals surface area contributed by atoms with Crippen LogP contribution in [-0.2, 0) is 14.9 Å². The van der Waals surface area contributed by atoms with Crippen molar-refractivity contribution in [3.8, 4) is 17.2 Å². The molecule has 1 aliphatic heterocycles. The minimum atomic E-state index is -0.634. The number of benzene rings is 1. The van der Waals surface area contributed by atoms with Crippen molar-refractivity contribution in [3.63, 3.8) is 0 Å². The first-order valence-electron chi connectivity index (χ1n) is 5.55. The van der Waals surface area contributed by atoms with Gasteiger partial charge in [-0.15, -0.1) is 0 Å². The van der Waals surface area contributed by atoms with Gasteiger partial charge in [0.25, 0.3) is 0 Å². The van der Waals surface area contributed by atoms with Crippen LogP contribution in [0, 0.1) is 0 Å². The Labute approximate surface area is 106 Å². The molecule has 1 saturated heterocycles. The molecule has 1 heterocycles. The largest absolute Gasteiger partial charge is 0.496 e. The molecule has 1 fully saturated rings. The topological polar surface area (TPSA) is 54.0 Å². The summed E-state index contributed by atoms with van der Waals surface area (Å²) in [4.78, 5) is 11.3. The van der Waals surface area contributed by atoms with E-state index in [0.29, 0.717) is 30.5 Å². The predicted molar refractivity (Wildman–Crippen MR) is 64.7 cm³/mol. The molecule has 0 saturated carbocycles. The Kier molecular flexibility index (Phi) is 3.43. The van der Waals surface area contributed by atoms with Crippen LogP contribution in [0.2, 0.25) is 0 Å². The fourth-order valence-electron chi connectivity index (χ4n) is 2.03. The van der Waals surface area contributed by atoms with Gasteiger partial charge in [0.05, 0.1) is 34.5 Å². The normalized spacial score (nSPS) is 16.6. The summed E-state index contributed by atoms with van der Waals surface area (Å²) in [6.45, 7) is 0.727. The summed E-state index contributed by atoms with van der Waals surface area (Å²) in [7, 11) is 4.67. The number of hydrogen-bond acceptors (Lipinski definition) is 5. The van der Waals surface area contributed by atoms with Crippen LogP contribution in [-0.4, -0.2) is 40.8 Å². The fraction of sp³-hybridized carbons (Fsp3) is 0.462. The van der Waals surface area contributed by atoms with Crippen LogP contribution in [0.15, 0.2) is 12.1 Å². The molecular formula is C13H16O5. The Hall–Kier alpha value is -1.75. The van der Waals surface area contributed by atoms with Crippen molar-refractivity contribution in [2.75, 3.05) is 34.5 Å². The van der Waals surface area contributed by atoms with E-state index in [1.165, 1.54) is 0 Å². The van der Waals surface area contributed by atoms with Crippen molar-refractivity contribution in [1.82, 2.24) is 0 Å². The van der Waals surface area contributed by atoms with Gasteiger partial charge in [-0.05, 0) is 6.07 Å². The molecule has 0 atom stereocenters. The molecule has 5 heteroatoms. The maximum atomic E-state index is 11.3. The van der Waals surface area contributed by atoms with Crippen LogP contribution in [0.1, 0.15) is 5.56 Å². The molecule has 98 valence electrons. The van der Waals surface area contributed by atoms with Gasteiger partial charge in [0, 0.05) is 11.6 Å². The van der Waals surface area contributed by atoms with Gasteiger partial charge in [0.15, 0.2) is 11.5 Å². The zero-order chi connectivity index (χ0) is 13.2. The molecule has 0 aromatic heterocycles. The third kappa shape index (κ3) is 1.80. The van der Waals surface area contributed by atoms with Gasteiger partial charge in [-0.25, -0.2) is 0 Å². The Morgan fingerprint density at radius 2 is 1.61 bits per heavy atom. The van der Waals surface area contributed by atoms with E-state index in [1.807, 2.05) is 0 Å². The molecule has 1 aromatic carbocycles. The highest BCUT2D eigenvalue weighted by Gasteiger charge is 2.43. The lowest BCUT2D eigenvalue weighted by Crippen LogP contribution is -2.48. The number of ether oxygens (including phenoxy) is 4. The monoisotopic (exact) mass is 252 g/mol. The number of aldehydes is 1. The quantitative estimate of drug-likeness (QED) is 0.736. The Bertz CT molecular complexity index is 451. The molecule has 18 heavy (non-hydrogen) atoms. The number of carbonyl (C=O) groups is 1. The summed E-state index contributed by atoms with van der Waals surface area (Å²) in [6, 6.07) is 3.49. The van der Waals surface area contributed by atoms with E-state index in [2.05, 4.69) is 0 Å². The standard InChI is InChI=1S/C13H16O5/c1-15-10-5-12(17-3)11(16-2)4-9(10)13(6-14)7-18-8-13/h4-6H,7-8H2,1-3H3. The molecule has 0 unspecified atom stereocenters. The zero-order valence-electron chi connectivity index (χ0n) is 10.7. The molecule has 0 spiro atoms. The Balaban J connectivity index is 2.54. The highest BCUT2D eigenvalue weighted by atomic mass is 16.5. The van der Waals surface area contributed by atoms with Crippen molar-refractivity contribution < 1.29 is 23.7 Å². The van der Waals surface area contributed by atoms with Crippen LogP contribution in [0.3, 0.4) is 0 Å². The lowest BCUT2D eigenvalue weighted by atomic mass is 9.79. The van der Waals surface area contributed by atoms with E-state index in [4.69, 9.17) is 18.9 Å². The predicted octanol–water partition coefficient (Wildman–Crippen LogP) is 1.18. The summed E-state index contributed by atoms with van der Waals surface area (Å²) in [5.74, 6) is 1.74. The number of hydrogen-bond donors (Lipinski definition) is 0. The summed E-state index contributed by atoms with van der Waals surface area (Å²) < 4.78 is 20.9. The van der Waals surface area contributed by atoms with Gasteiger partial charge in [-0.1, -0.05) is 0 Å². The second-order valence-corrected chi connectivity index (χ2v) is 4.17. The molecule has 0 bridgehead atoms. The van der Waals surface area contributed by atoms with Crippen molar-refractivity contribution in [2.24, 2.45) is 0 Å². The average molecular weight is 252 g/mol. The molecular weight excluding hydrogens is 236 g/mol. The Morgan fingerprint density at radius 1 is 1.06 bits per heavy atom. The first-order valence-corrected chi connectivity index (χ1v) is 5.55. The minimum Gasteiger partial charge on any atom is -0.496 e. The molecule has 5 nitrogen and oxygen atoms in total. The zero-order valence-corrected chi connectivity index (χ0v) is 10.7. The summed E-state index contributed by atoms with van der Waals surface area (Å²) in [5.41, 5.74) is 0.133. The third-order valence-corrected chi connectivity index (χ3v) is 3.19. The van der Waals surface area contributed by atoms with E-state index in [0.717, 1.165) is 11.8 Å². The Morgan fingerprint density at radius 3 is 2.00 bits per heavy atom. The van der Waals surface area contributed by atoms with Crippen LogP contribution >= 0.6 is 0 Å². The summed E-state index contributed by atoms with van der Waals surface area (Å²) in [6.07, 6.45) is 0.903. The van der Waals surface area contributed by atoms with Crippen LogP contribution in [0.4, 0.5) is 0 Å². The van der Waals surface area contributed by atoms with E-state index in [9.17, 15) is 4.79 Å². The maximum Gasteiger partial charge on any atom is 0.164 e. The molecule has 0 aliphatic carbocycles. The van der Waals surface area contributed by atoms with E-state index >= 15 is 0 Å². The highest BCUT2D eigenvalue weighted by molar-refractivity contribution is 5.74. The van der Waals surface area contributed by atoms with Gasteiger partial charge in [0.2, 0.25) is 0 Å². The summed E-state index contributed by atoms with van der Waals surface area (Å²) in [5, 5.41) is 0. The molecule has 2 rings (SSSR count).